The summed E-state index contributed by atoms with van der Waals surface area (Å²) in [5.41, 5.74) is 1.49. The molecule has 192 valence electrons. The second-order valence-corrected chi connectivity index (χ2v) is 9.73. The third-order valence-corrected chi connectivity index (χ3v) is 7.08. The second kappa shape index (κ2) is 11.3. The molecule has 4 aromatic rings. The van der Waals surface area contributed by atoms with Gasteiger partial charge in [-0.05, 0) is 42.8 Å². The van der Waals surface area contributed by atoms with Gasteiger partial charge in [-0.15, -0.1) is 11.8 Å². The van der Waals surface area contributed by atoms with Crippen LogP contribution in [0.4, 0.5) is 18.9 Å². The van der Waals surface area contributed by atoms with Crippen LogP contribution < -0.4 is 10.6 Å². The van der Waals surface area contributed by atoms with E-state index >= 15 is 0 Å². The molecule has 10 heteroatoms. The predicted molar refractivity (Wildman–Crippen MR) is 141 cm³/mol. The van der Waals surface area contributed by atoms with E-state index in [1.54, 1.807) is 6.07 Å². The van der Waals surface area contributed by atoms with Crippen molar-refractivity contribution in [3.8, 4) is 0 Å². The Morgan fingerprint density at radius 1 is 1.03 bits per heavy atom. The first-order valence-electron chi connectivity index (χ1n) is 11.3. The molecule has 0 fully saturated rings. The van der Waals surface area contributed by atoms with Crippen LogP contribution in [0.5, 0.6) is 0 Å². The van der Waals surface area contributed by atoms with Gasteiger partial charge in [0.2, 0.25) is 5.91 Å². The summed E-state index contributed by atoms with van der Waals surface area (Å²) in [4.78, 5) is 25.9. The molecular formula is C27H23ClF3N3O2S. The van der Waals surface area contributed by atoms with Gasteiger partial charge in [-0.3, -0.25) is 9.59 Å². The fourth-order valence-corrected chi connectivity index (χ4v) is 4.91. The summed E-state index contributed by atoms with van der Waals surface area (Å²) in [7, 11) is 0. The first-order chi connectivity index (χ1) is 17.6. The molecule has 0 aliphatic carbocycles. The lowest BCUT2D eigenvalue weighted by Gasteiger charge is -2.11. The molecule has 37 heavy (non-hydrogen) atoms. The molecule has 0 radical (unpaired) electrons. The van der Waals surface area contributed by atoms with Crippen LogP contribution in [-0.4, -0.2) is 28.7 Å². The number of carbonyl (C=O) groups is 2. The van der Waals surface area contributed by atoms with Crippen molar-refractivity contribution < 1.29 is 22.8 Å². The van der Waals surface area contributed by atoms with Gasteiger partial charge in [0.05, 0.1) is 22.0 Å². The Kier molecular flexibility index (Phi) is 8.14. The molecule has 3 aromatic carbocycles. The Morgan fingerprint density at radius 2 is 1.76 bits per heavy atom. The summed E-state index contributed by atoms with van der Waals surface area (Å²) >= 11 is 7.25. The van der Waals surface area contributed by atoms with E-state index in [0.29, 0.717) is 18.7 Å². The van der Waals surface area contributed by atoms with Crippen LogP contribution in [0.25, 0.3) is 10.9 Å². The first kappa shape index (κ1) is 26.6. The van der Waals surface area contributed by atoms with Crippen LogP contribution in [-0.2, 0) is 17.5 Å². The number of halogens is 4. The van der Waals surface area contributed by atoms with Crippen molar-refractivity contribution in [3.05, 3.63) is 94.6 Å². The first-order valence-corrected chi connectivity index (χ1v) is 12.7. The van der Waals surface area contributed by atoms with Crippen LogP contribution >= 0.6 is 23.4 Å². The van der Waals surface area contributed by atoms with Crippen LogP contribution in [0.2, 0.25) is 5.02 Å². The highest BCUT2D eigenvalue weighted by atomic mass is 35.5. The van der Waals surface area contributed by atoms with Gasteiger partial charge in [0.1, 0.15) is 0 Å². The third kappa shape index (κ3) is 6.47. The topological polar surface area (TPSA) is 63.1 Å². The number of nitrogens with one attached hydrogen (secondary N) is 2. The van der Waals surface area contributed by atoms with Gasteiger partial charge in [-0.1, -0.05) is 48.0 Å². The molecule has 1 aromatic heterocycles. The number of carbonyl (C=O) groups excluding carboxylic acids is 2. The van der Waals surface area contributed by atoms with Gasteiger partial charge >= 0.3 is 6.18 Å². The van der Waals surface area contributed by atoms with Gasteiger partial charge in [0.25, 0.3) is 5.91 Å². The molecular weight excluding hydrogens is 523 g/mol. The van der Waals surface area contributed by atoms with E-state index in [-0.39, 0.29) is 22.4 Å². The van der Waals surface area contributed by atoms with Crippen molar-refractivity contribution in [1.82, 2.24) is 9.88 Å². The van der Waals surface area contributed by atoms with Crippen molar-refractivity contribution in [2.24, 2.45) is 0 Å². The minimum absolute atomic E-state index is 0.0232. The number of hydrogen-bond acceptors (Lipinski definition) is 3. The number of nitrogens with zero attached hydrogens (tertiary/aromatic N) is 1. The van der Waals surface area contributed by atoms with Gasteiger partial charge in [0.15, 0.2) is 0 Å². The Morgan fingerprint density at radius 3 is 2.51 bits per heavy atom. The molecule has 0 aliphatic rings. The van der Waals surface area contributed by atoms with Crippen molar-refractivity contribution in [2.75, 3.05) is 17.6 Å². The molecule has 0 saturated carbocycles. The van der Waals surface area contributed by atoms with E-state index in [9.17, 15) is 22.8 Å². The number of alkyl halides is 3. The monoisotopic (exact) mass is 545 g/mol. The van der Waals surface area contributed by atoms with E-state index in [4.69, 9.17) is 11.6 Å². The normalized spacial score (nSPS) is 11.5. The molecule has 1 heterocycles. The molecule has 0 aliphatic heterocycles. The fraction of sp³-hybridized carbons (Fsp3) is 0.185. The lowest BCUT2D eigenvalue weighted by atomic mass is 10.1. The van der Waals surface area contributed by atoms with Crippen molar-refractivity contribution >= 4 is 51.8 Å². The molecule has 2 N–H and O–H groups in total. The minimum Gasteiger partial charge on any atom is -0.350 e. The summed E-state index contributed by atoms with van der Waals surface area (Å²) in [5.74, 6) is -0.646. The lowest BCUT2D eigenvalue weighted by molar-refractivity contribution is -0.137. The van der Waals surface area contributed by atoms with Crippen molar-refractivity contribution in [1.29, 1.82) is 0 Å². The summed E-state index contributed by atoms with van der Waals surface area (Å²) in [6, 6.07) is 17.8. The number of aryl methyl sites for hydroxylation is 1. The molecule has 5 nitrogen and oxygen atoms in total. The number of benzene rings is 3. The molecule has 0 saturated heterocycles. The fourth-order valence-electron chi connectivity index (χ4n) is 3.85. The zero-order valence-electron chi connectivity index (χ0n) is 19.7. The number of para-hydroxylation sites is 1. The Labute approximate surface area is 221 Å². The Hall–Kier alpha value is -3.43. The van der Waals surface area contributed by atoms with Crippen molar-refractivity contribution in [3.63, 3.8) is 0 Å². The number of aromatic nitrogens is 1. The maximum atomic E-state index is 13.0. The predicted octanol–water partition coefficient (Wildman–Crippen LogP) is 6.78. The van der Waals surface area contributed by atoms with Crippen LogP contribution in [0, 0.1) is 6.92 Å². The van der Waals surface area contributed by atoms with Crippen molar-refractivity contribution in [2.45, 2.75) is 24.5 Å². The highest BCUT2D eigenvalue weighted by Gasteiger charge is 2.31. The average Bonchev–Trinajstić information content (AvgIpc) is 3.21. The SMILES string of the molecule is Cc1ccccc1C(=O)NCCn1cc(SCC(=O)Nc2cc(C(F)(F)F)ccc2Cl)c2ccccc21. The van der Waals surface area contributed by atoms with Crippen LogP contribution in [0.15, 0.2) is 77.8 Å². The average molecular weight is 546 g/mol. The van der Waals surface area contributed by atoms with E-state index in [1.165, 1.54) is 11.8 Å². The maximum Gasteiger partial charge on any atom is 0.416 e. The highest BCUT2D eigenvalue weighted by molar-refractivity contribution is 8.00. The number of thioether (sulfide) groups is 1. The Balaban J connectivity index is 1.41. The number of hydrogen-bond donors (Lipinski definition) is 2. The van der Waals surface area contributed by atoms with Gasteiger partial charge in [-0.2, -0.15) is 13.2 Å². The molecule has 4 rings (SSSR count). The molecule has 0 bridgehead atoms. The largest absolute Gasteiger partial charge is 0.416 e. The summed E-state index contributed by atoms with van der Waals surface area (Å²) < 4.78 is 41.0. The summed E-state index contributed by atoms with van der Waals surface area (Å²) in [6.07, 6.45) is -2.64. The van der Waals surface area contributed by atoms with Gasteiger partial charge in [0, 0.05) is 40.6 Å². The smallest absolute Gasteiger partial charge is 0.350 e. The van der Waals surface area contributed by atoms with Crippen LogP contribution in [0.1, 0.15) is 21.5 Å². The van der Waals surface area contributed by atoms with E-state index in [2.05, 4.69) is 10.6 Å². The zero-order chi connectivity index (χ0) is 26.6. The molecule has 0 spiro atoms. The molecule has 0 atom stereocenters. The van der Waals surface area contributed by atoms with E-state index < -0.39 is 17.6 Å². The second-order valence-electron chi connectivity index (χ2n) is 8.30. The molecule has 2 amide bonds. The maximum absolute atomic E-state index is 13.0. The summed E-state index contributed by atoms with van der Waals surface area (Å²) in [6.45, 7) is 2.81. The van der Waals surface area contributed by atoms with Crippen LogP contribution in [0.3, 0.4) is 0 Å². The minimum atomic E-state index is -4.54. The quantitative estimate of drug-likeness (QED) is 0.240. The van der Waals surface area contributed by atoms with E-state index in [0.717, 1.165) is 39.6 Å². The number of rotatable bonds is 8. The standard InChI is InChI=1S/C27H23ClF3N3O2S/c1-17-6-2-3-7-19(17)26(36)32-12-13-34-15-24(20-8-4-5-9-23(20)34)37-16-25(35)33-22-14-18(27(29,30)31)10-11-21(22)28/h2-11,14-15H,12-13,16H2,1H3,(H,32,36)(H,33,35). The molecule has 0 unspecified atom stereocenters. The third-order valence-electron chi connectivity index (χ3n) is 5.71. The number of amides is 2. The lowest BCUT2D eigenvalue weighted by Crippen LogP contribution is -2.27. The van der Waals surface area contributed by atoms with Gasteiger partial charge < -0.3 is 15.2 Å². The number of fused-ring (bicyclic) bond motifs is 1. The highest BCUT2D eigenvalue weighted by Crippen LogP contribution is 2.34. The van der Waals surface area contributed by atoms with Gasteiger partial charge in [-0.25, -0.2) is 0 Å². The Bertz CT molecular complexity index is 1450. The zero-order valence-corrected chi connectivity index (χ0v) is 21.3. The van der Waals surface area contributed by atoms with E-state index in [1.807, 2.05) is 60.2 Å². The summed E-state index contributed by atoms with van der Waals surface area (Å²) in [5, 5.41) is 6.36. The number of anilines is 1.